The number of hydrogen-bond donors (Lipinski definition) is 2. The average Bonchev–Trinajstić information content (AvgIpc) is 3.06. The van der Waals surface area contributed by atoms with Crippen LogP contribution in [0.3, 0.4) is 0 Å². The van der Waals surface area contributed by atoms with Crippen LogP contribution in [0.2, 0.25) is 0 Å². The topological polar surface area (TPSA) is 95.9 Å². The highest BCUT2D eigenvalue weighted by molar-refractivity contribution is 5.88. The molecule has 0 aromatic heterocycles. The van der Waals surface area contributed by atoms with E-state index in [0.717, 1.165) is 38.5 Å². The molecule has 0 aromatic rings. The molecule has 2 fully saturated rings. The normalized spacial score (nSPS) is 26.1. The van der Waals surface area contributed by atoms with Gasteiger partial charge in [-0.25, -0.2) is 4.79 Å². The number of esters is 1. The van der Waals surface area contributed by atoms with E-state index in [1.165, 1.54) is 0 Å². The molecule has 2 rings (SSSR count). The second-order valence-corrected chi connectivity index (χ2v) is 8.96. The van der Waals surface area contributed by atoms with Crippen molar-refractivity contribution in [2.75, 3.05) is 6.61 Å². The summed E-state index contributed by atoms with van der Waals surface area (Å²) in [7, 11) is 0. The molecule has 0 spiro atoms. The predicted octanol–water partition coefficient (Wildman–Crippen LogP) is 2.97. The van der Waals surface area contributed by atoms with Crippen molar-refractivity contribution in [3.8, 4) is 0 Å². The van der Waals surface area contributed by atoms with E-state index in [0.29, 0.717) is 25.4 Å². The molecule has 7 nitrogen and oxygen atoms in total. The van der Waals surface area contributed by atoms with Gasteiger partial charge >= 0.3 is 11.9 Å². The van der Waals surface area contributed by atoms with Crippen molar-refractivity contribution in [1.29, 1.82) is 0 Å². The van der Waals surface area contributed by atoms with Gasteiger partial charge in [0.05, 0.1) is 12.6 Å². The van der Waals surface area contributed by atoms with Crippen LogP contribution in [0.4, 0.5) is 0 Å². The Morgan fingerprint density at radius 3 is 2.45 bits per heavy atom. The molecule has 2 aliphatic rings. The molecule has 5 atom stereocenters. The van der Waals surface area contributed by atoms with E-state index in [1.54, 1.807) is 18.7 Å². The van der Waals surface area contributed by atoms with Gasteiger partial charge in [0.1, 0.15) is 12.1 Å². The minimum Gasteiger partial charge on any atom is -0.480 e. The molecule has 1 aliphatic heterocycles. The fourth-order valence-electron chi connectivity index (χ4n) is 4.84. The standard InChI is InChI=1S/C22H38N2O5/c1-5-29-22(28)17(11-8-9-14(2)3)23-15(4)20(25)24-18-12-7-6-10-16(18)13-19(24)21(26)27/h14-19,23H,5-13H2,1-4H3,(H,26,27)/t15-,16?,17?,18?,19?/m0/s1. The van der Waals surface area contributed by atoms with Gasteiger partial charge in [-0.05, 0) is 51.4 Å². The Hall–Kier alpha value is -1.63. The highest BCUT2D eigenvalue weighted by Gasteiger charge is 2.48. The number of nitrogens with one attached hydrogen (secondary N) is 1. The summed E-state index contributed by atoms with van der Waals surface area (Å²) in [5, 5.41) is 12.8. The summed E-state index contributed by atoms with van der Waals surface area (Å²) in [6.07, 6.45) is 6.97. The minimum atomic E-state index is -0.932. The average molecular weight is 411 g/mol. The molecule has 166 valence electrons. The molecule has 1 heterocycles. The van der Waals surface area contributed by atoms with Crippen LogP contribution in [0, 0.1) is 11.8 Å². The van der Waals surface area contributed by atoms with Crippen molar-refractivity contribution in [1.82, 2.24) is 10.2 Å². The van der Waals surface area contributed by atoms with Crippen LogP contribution < -0.4 is 5.32 Å². The number of carbonyl (C=O) groups is 3. The second kappa shape index (κ2) is 11.0. The van der Waals surface area contributed by atoms with E-state index in [9.17, 15) is 19.5 Å². The number of nitrogens with zero attached hydrogens (tertiary/aromatic N) is 1. The van der Waals surface area contributed by atoms with Crippen molar-refractivity contribution in [2.45, 2.75) is 103 Å². The van der Waals surface area contributed by atoms with E-state index >= 15 is 0 Å². The number of carbonyl (C=O) groups excluding carboxylic acids is 2. The maximum atomic E-state index is 13.3. The summed E-state index contributed by atoms with van der Waals surface area (Å²) in [5.41, 5.74) is 0. The lowest BCUT2D eigenvalue weighted by Gasteiger charge is -2.35. The van der Waals surface area contributed by atoms with E-state index in [1.807, 2.05) is 0 Å². The number of rotatable bonds is 10. The maximum absolute atomic E-state index is 13.3. The third-order valence-electron chi connectivity index (χ3n) is 6.29. The number of aliphatic carboxylic acids is 1. The number of amides is 1. The van der Waals surface area contributed by atoms with Crippen LogP contribution in [-0.2, 0) is 19.1 Å². The Balaban J connectivity index is 2.07. The molecule has 1 saturated heterocycles. The first-order valence-electron chi connectivity index (χ1n) is 11.2. The number of likely N-dealkylation sites (tertiary alicyclic amines) is 1. The number of ether oxygens (including phenoxy) is 1. The summed E-state index contributed by atoms with van der Waals surface area (Å²) >= 11 is 0. The van der Waals surface area contributed by atoms with Gasteiger partial charge in [-0.3, -0.25) is 14.9 Å². The lowest BCUT2D eigenvalue weighted by Crippen LogP contribution is -2.55. The third kappa shape index (κ3) is 6.17. The zero-order valence-corrected chi connectivity index (χ0v) is 18.4. The molecule has 0 radical (unpaired) electrons. The fraction of sp³-hybridized carbons (Fsp3) is 0.864. The predicted molar refractivity (Wildman–Crippen MR) is 110 cm³/mol. The van der Waals surface area contributed by atoms with Gasteiger partial charge in [0.2, 0.25) is 5.91 Å². The monoisotopic (exact) mass is 410 g/mol. The van der Waals surface area contributed by atoms with Gasteiger partial charge in [0.15, 0.2) is 0 Å². The lowest BCUT2D eigenvalue weighted by molar-refractivity contribution is -0.152. The summed E-state index contributed by atoms with van der Waals surface area (Å²) in [6.45, 7) is 8.06. The number of fused-ring (bicyclic) bond motifs is 1. The van der Waals surface area contributed by atoms with Crippen LogP contribution in [-0.4, -0.2) is 58.6 Å². The Bertz CT molecular complexity index is 580. The summed E-state index contributed by atoms with van der Waals surface area (Å²) in [6, 6.07) is -1.95. The van der Waals surface area contributed by atoms with E-state index < -0.39 is 24.1 Å². The van der Waals surface area contributed by atoms with Crippen LogP contribution >= 0.6 is 0 Å². The van der Waals surface area contributed by atoms with Crippen molar-refractivity contribution in [2.24, 2.45) is 11.8 Å². The quantitative estimate of drug-likeness (QED) is 0.538. The molecule has 1 aliphatic carbocycles. The molecule has 0 bridgehead atoms. The first-order chi connectivity index (χ1) is 13.8. The SMILES string of the molecule is CCOC(=O)C(CCCC(C)C)N[C@@H](C)C(=O)N1C(C(=O)O)CC2CCCCC21. The molecular formula is C22H38N2O5. The maximum Gasteiger partial charge on any atom is 0.326 e. The summed E-state index contributed by atoms with van der Waals surface area (Å²) < 4.78 is 5.19. The molecule has 0 aromatic carbocycles. The van der Waals surface area contributed by atoms with Crippen molar-refractivity contribution in [3.63, 3.8) is 0 Å². The second-order valence-electron chi connectivity index (χ2n) is 8.96. The Morgan fingerprint density at radius 2 is 1.83 bits per heavy atom. The summed E-state index contributed by atoms with van der Waals surface area (Å²) in [4.78, 5) is 39.1. The zero-order valence-electron chi connectivity index (χ0n) is 18.4. The molecular weight excluding hydrogens is 372 g/mol. The van der Waals surface area contributed by atoms with Gasteiger partial charge in [-0.1, -0.05) is 39.5 Å². The molecule has 7 heteroatoms. The minimum absolute atomic E-state index is 0.00332. The molecule has 2 N–H and O–H groups in total. The molecule has 1 amide bonds. The fourth-order valence-corrected chi connectivity index (χ4v) is 4.84. The van der Waals surface area contributed by atoms with Crippen LogP contribution in [0.25, 0.3) is 0 Å². The van der Waals surface area contributed by atoms with Crippen LogP contribution in [0.15, 0.2) is 0 Å². The van der Waals surface area contributed by atoms with E-state index in [4.69, 9.17) is 4.74 Å². The number of carboxylic acid groups (broad SMARTS) is 1. The van der Waals surface area contributed by atoms with Gasteiger partial charge in [0, 0.05) is 6.04 Å². The first-order valence-corrected chi connectivity index (χ1v) is 11.2. The van der Waals surface area contributed by atoms with Gasteiger partial charge in [-0.15, -0.1) is 0 Å². The Labute approximate surface area is 174 Å². The van der Waals surface area contributed by atoms with Crippen molar-refractivity contribution < 1.29 is 24.2 Å². The molecule has 4 unspecified atom stereocenters. The van der Waals surface area contributed by atoms with Crippen LogP contribution in [0.5, 0.6) is 0 Å². The smallest absolute Gasteiger partial charge is 0.326 e. The van der Waals surface area contributed by atoms with Crippen LogP contribution in [0.1, 0.15) is 79.1 Å². The van der Waals surface area contributed by atoms with Gasteiger partial charge < -0.3 is 14.7 Å². The van der Waals surface area contributed by atoms with Crippen molar-refractivity contribution in [3.05, 3.63) is 0 Å². The number of carboxylic acids is 1. The molecule has 29 heavy (non-hydrogen) atoms. The first kappa shape index (κ1) is 23.6. The van der Waals surface area contributed by atoms with E-state index in [-0.39, 0.29) is 23.8 Å². The largest absolute Gasteiger partial charge is 0.480 e. The van der Waals surface area contributed by atoms with Crippen molar-refractivity contribution >= 4 is 17.8 Å². The Kier molecular flexibility index (Phi) is 8.93. The van der Waals surface area contributed by atoms with Gasteiger partial charge in [0.25, 0.3) is 0 Å². The highest BCUT2D eigenvalue weighted by atomic mass is 16.5. The molecule has 1 saturated carbocycles. The zero-order chi connectivity index (χ0) is 21.6. The lowest BCUT2D eigenvalue weighted by atomic mass is 9.84. The summed E-state index contributed by atoms with van der Waals surface area (Å²) in [5.74, 6) is -0.680. The Morgan fingerprint density at radius 1 is 1.14 bits per heavy atom. The van der Waals surface area contributed by atoms with E-state index in [2.05, 4.69) is 19.2 Å². The van der Waals surface area contributed by atoms with Gasteiger partial charge in [-0.2, -0.15) is 0 Å². The third-order valence-corrected chi connectivity index (χ3v) is 6.29. The number of hydrogen-bond acceptors (Lipinski definition) is 5. The highest BCUT2D eigenvalue weighted by Crippen LogP contribution is 2.40.